The van der Waals surface area contributed by atoms with E-state index in [2.05, 4.69) is 6.58 Å². The monoisotopic (exact) mass is 1110 g/mol. The maximum absolute atomic E-state index is 15.1. The molecule has 0 aromatic rings. The molecule has 17 N–H and O–H groups in total. The van der Waals surface area contributed by atoms with Gasteiger partial charge in [0.25, 0.3) is 0 Å². The minimum Gasteiger partial charge on any atom is -0.432 e. The zero-order valence-electron chi connectivity index (χ0n) is 42.4. The Morgan fingerprint density at radius 1 is 0.494 bits per heavy atom. The second kappa shape index (κ2) is 23.4. The number of hydrogen-bond donors (Lipinski definition) is 17. The maximum Gasteiger partial charge on any atom is 0.314 e. The van der Waals surface area contributed by atoms with Gasteiger partial charge < -0.3 is 134 Å². The van der Waals surface area contributed by atoms with Gasteiger partial charge in [0, 0.05) is 0 Å². The van der Waals surface area contributed by atoms with Crippen molar-refractivity contribution in [3.63, 3.8) is 0 Å². The molecule has 77 heavy (non-hydrogen) atoms. The van der Waals surface area contributed by atoms with Gasteiger partial charge in [-0.1, -0.05) is 13.0 Å². The Balaban J connectivity index is 0.933. The summed E-state index contributed by atoms with van der Waals surface area (Å²) >= 11 is 0. The molecule has 29 unspecified atom stereocenters. The molecule has 31 atom stereocenters. The van der Waals surface area contributed by atoms with Crippen LogP contribution in [0.4, 0.5) is 0 Å². The Hall–Kier alpha value is -1.83. The van der Waals surface area contributed by atoms with Gasteiger partial charge in [0.2, 0.25) is 6.29 Å². The van der Waals surface area contributed by atoms with Gasteiger partial charge >= 0.3 is 5.97 Å². The van der Waals surface area contributed by atoms with Crippen LogP contribution in [0.15, 0.2) is 12.2 Å². The van der Waals surface area contributed by atoms with E-state index >= 15 is 4.79 Å². The Morgan fingerprint density at radius 2 is 0.922 bits per heavy atom. The van der Waals surface area contributed by atoms with Crippen molar-refractivity contribution in [3.8, 4) is 0 Å². The van der Waals surface area contributed by atoms with Gasteiger partial charge in [-0.05, 0) is 87.0 Å². The fourth-order valence-corrected chi connectivity index (χ4v) is 14.3. The molecule has 0 aromatic carbocycles. The molecule has 4 aliphatic carbocycles. The largest absolute Gasteiger partial charge is 0.432 e. The summed E-state index contributed by atoms with van der Waals surface area (Å²) in [6, 6.07) is 0. The van der Waals surface area contributed by atoms with Crippen LogP contribution in [-0.2, 0) is 52.2 Å². The molecule has 1 spiro atoms. The van der Waals surface area contributed by atoms with Crippen LogP contribution in [0.1, 0.15) is 64.7 Å². The first-order chi connectivity index (χ1) is 36.5. The van der Waals surface area contributed by atoms with Crippen LogP contribution >= 0.6 is 0 Å². The van der Waals surface area contributed by atoms with Crippen LogP contribution in [0.3, 0.4) is 0 Å². The smallest absolute Gasteiger partial charge is 0.314 e. The molecule has 0 amide bonds. The minimum absolute atomic E-state index is 0.00885. The van der Waals surface area contributed by atoms with Crippen molar-refractivity contribution >= 4 is 5.97 Å². The summed E-state index contributed by atoms with van der Waals surface area (Å²) in [5, 5.41) is 180. The van der Waals surface area contributed by atoms with Crippen LogP contribution in [0, 0.1) is 28.6 Å². The second-order valence-corrected chi connectivity index (χ2v) is 22.9. The zero-order valence-corrected chi connectivity index (χ0v) is 42.4. The molecule has 0 radical (unpaired) electrons. The lowest BCUT2D eigenvalue weighted by molar-refractivity contribution is -0.388. The zero-order chi connectivity index (χ0) is 55.8. The lowest BCUT2D eigenvalue weighted by Crippen LogP contribution is -2.67. The lowest BCUT2D eigenvalue weighted by atomic mass is 9.46. The number of carbonyl (C=O) groups is 1. The average molecular weight is 1120 g/mol. The van der Waals surface area contributed by atoms with E-state index in [4.69, 9.17) is 47.4 Å². The van der Waals surface area contributed by atoms with E-state index in [0.29, 0.717) is 56.9 Å². The predicted molar refractivity (Wildman–Crippen MR) is 247 cm³/mol. The normalized spacial score (nSPS) is 54.1. The van der Waals surface area contributed by atoms with Gasteiger partial charge in [0.15, 0.2) is 31.3 Å². The topological polar surface area (TPSA) is 453 Å². The Labute approximate surface area is 441 Å². The number of esters is 1. The highest BCUT2D eigenvalue weighted by molar-refractivity contribution is 5.77. The van der Waals surface area contributed by atoms with Crippen molar-refractivity contribution in [2.45, 2.75) is 224 Å². The second-order valence-electron chi connectivity index (χ2n) is 22.9. The number of aliphatic hydroxyl groups excluding tert-OH is 17. The third kappa shape index (κ3) is 10.6. The average Bonchev–Trinajstić information content (AvgIpc) is 3.78. The Bertz CT molecular complexity index is 2020. The van der Waals surface area contributed by atoms with E-state index in [1.54, 1.807) is 6.92 Å². The van der Waals surface area contributed by atoms with E-state index in [1.807, 2.05) is 0 Å². The third-order valence-electron chi connectivity index (χ3n) is 18.6. The number of carbonyl (C=O) groups excluding carboxylic acids is 1. The molecular weight excluding hydrogens is 1040 g/mol. The quantitative estimate of drug-likeness (QED) is 0.0411. The fourth-order valence-electron chi connectivity index (χ4n) is 14.3. The van der Waals surface area contributed by atoms with Crippen LogP contribution < -0.4 is 0 Å². The summed E-state index contributed by atoms with van der Waals surface area (Å²) in [6.07, 6.45) is -39.6. The van der Waals surface area contributed by atoms with Gasteiger partial charge in [-0.25, -0.2) is 0 Å². The molecule has 9 fully saturated rings. The molecule has 5 saturated heterocycles. The number of hydrogen-bond acceptors (Lipinski definition) is 28. The van der Waals surface area contributed by atoms with Gasteiger partial charge in [0.1, 0.15) is 116 Å². The van der Waals surface area contributed by atoms with Crippen molar-refractivity contribution in [2.75, 3.05) is 33.0 Å². The van der Waals surface area contributed by atoms with E-state index < -0.39 is 209 Å². The maximum atomic E-state index is 15.1. The fraction of sp³-hybridized carbons (Fsp3) is 0.939. The first-order valence-electron chi connectivity index (χ1n) is 26.5. The number of aliphatic hydroxyl groups is 17. The van der Waals surface area contributed by atoms with Gasteiger partial charge in [-0.15, -0.1) is 0 Å². The molecule has 4 saturated carbocycles. The highest BCUT2D eigenvalue weighted by atomic mass is 16.8. The molecule has 9 rings (SSSR count). The van der Waals surface area contributed by atoms with Crippen molar-refractivity contribution in [1.29, 1.82) is 0 Å². The highest BCUT2D eigenvalue weighted by Crippen LogP contribution is 2.70. The summed E-state index contributed by atoms with van der Waals surface area (Å²) in [7, 11) is 0. The SMILES string of the molecule is C=C1CC23CCC4C(CCC[C@@]4(C)C(=O)OC4OC(CO)C(O)C(OC5OC(CO)C(O)C(O)C5O)C4OC4OC(CO)C(O)C(O)C4O)[C@@H]2CCC1(OC1OC(CO)C(O)C(OC2OC(CO)C(O)C(O)C2O)C1O)C3. The Kier molecular flexibility index (Phi) is 18.2. The van der Waals surface area contributed by atoms with Crippen molar-refractivity contribution in [1.82, 2.24) is 0 Å². The molecule has 0 aromatic heterocycles. The van der Waals surface area contributed by atoms with Crippen LogP contribution in [0.5, 0.6) is 0 Å². The number of rotatable bonds is 15. The van der Waals surface area contributed by atoms with Crippen LogP contribution in [-0.4, -0.2) is 285 Å². The molecule has 442 valence electrons. The van der Waals surface area contributed by atoms with Gasteiger partial charge in [-0.3, -0.25) is 4.79 Å². The third-order valence-corrected chi connectivity index (χ3v) is 18.6. The van der Waals surface area contributed by atoms with Crippen molar-refractivity contribution in [3.05, 3.63) is 12.2 Å². The van der Waals surface area contributed by atoms with E-state index in [9.17, 15) is 86.8 Å². The van der Waals surface area contributed by atoms with E-state index in [-0.39, 0.29) is 17.8 Å². The number of ether oxygens (including phenoxy) is 10. The van der Waals surface area contributed by atoms with Crippen LogP contribution in [0.25, 0.3) is 0 Å². The molecular formula is C49H78O28. The van der Waals surface area contributed by atoms with Gasteiger partial charge in [-0.2, -0.15) is 0 Å². The lowest BCUT2D eigenvalue weighted by Gasteiger charge is -2.59. The Morgan fingerprint density at radius 3 is 1.43 bits per heavy atom. The molecule has 28 nitrogen and oxygen atoms in total. The highest BCUT2D eigenvalue weighted by Gasteiger charge is 2.67. The molecule has 28 heteroatoms. The first kappa shape index (κ1) is 59.8. The summed E-state index contributed by atoms with van der Waals surface area (Å²) in [4.78, 5) is 15.1. The first-order valence-corrected chi connectivity index (χ1v) is 26.5. The standard InChI is InChI=1S/C49H78O28/c1-17-10-48-8-5-19-18(20(48)6-9-49(17,16-48)77-44-37(66)38(29(58)24(14-53)71-44)73-41-34(63)31(60)26(55)21(11-50)68-41)4-3-7-47(19,2)46(67)76-45-40(75-43-36(65)33(62)28(57)23(13-52)70-43)39(30(59)25(15-54)72-45)74-42-35(64)32(61)27(56)22(12-51)69-42/h18-45,50-66H,1,3-16H2,2H3/t18?,19?,20-,21?,22?,23?,24?,25?,26?,27?,28?,29?,30?,31?,32?,33?,34?,35?,36?,37?,38?,39?,40?,41?,42?,43?,44?,45?,47+,48?,49?/m0/s1. The van der Waals surface area contributed by atoms with Crippen LogP contribution in [0.2, 0.25) is 0 Å². The molecule has 5 aliphatic heterocycles. The van der Waals surface area contributed by atoms with E-state index in [0.717, 1.165) is 6.42 Å². The molecule has 2 bridgehead atoms. The van der Waals surface area contributed by atoms with Gasteiger partial charge in [0.05, 0.1) is 44.1 Å². The summed E-state index contributed by atoms with van der Waals surface area (Å²) < 4.78 is 59.5. The van der Waals surface area contributed by atoms with Crippen molar-refractivity contribution in [2.24, 2.45) is 28.6 Å². The minimum atomic E-state index is -2.04. The molecule has 9 aliphatic rings. The predicted octanol–water partition coefficient (Wildman–Crippen LogP) is -7.68. The van der Waals surface area contributed by atoms with E-state index in [1.165, 1.54) is 0 Å². The summed E-state index contributed by atoms with van der Waals surface area (Å²) in [5.41, 5.74) is -1.99. The summed E-state index contributed by atoms with van der Waals surface area (Å²) in [5.74, 6) is -1.15. The number of fused-ring (bicyclic) bond motifs is 3. The molecule has 5 heterocycles. The summed E-state index contributed by atoms with van der Waals surface area (Å²) in [6.45, 7) is 2.07. The van der Waals surface area contributed by atoms with Crippen molar-refractivity contribution < 1.29 is 139 Å².